The lowest BCUT2D eigenvalue weighted by Gasteiger charge is -2.39. The van der Waals surface area contributed by atoms with Crippen LogP contribution in [-0.2, 0) is 24.2 Å². The second kappa shape index (κ2) is 9.95. The van der Waals surface area contributed by atoms with Crippen LogP contribution in [0.1, 0.15) is 42.4 Å². The Labute approximate surface area is 208 Å². The summed E-state index contributed by atoms with van der Waals surface area (Å²) in [7, 11) is 1.70. The molecule has 5 nitrogen and oxygen atoms in total. The van der Waals surface area contributed by atoms with Gasteiger partial charge in [0.25, 0.3) is 0 Å². The molecule has 0 saturated carbocycles. The SMILES string of the molecule is COc1ccccc1CNC(=S)N1CCC2(CCN(C(=O)CC3Cc4ccccc4C3)CC2)C1. The van der Waals surface area contributed by atoms with Crippen LogP contribution in [0.4, 0.5) is 0 Å². The number of rotatable bonds is 5. The minimum atomic E-state index is 0.288. The predicted octanol–water partition coefficient (Wildman–Crippen LogP) is 4.19. The van der Waals surface area contributed by atoms with Gasteiger partial charge in [0, 0.05) is 44.7 Å². The van der Waals surface area contributed by atoms with Crippen LogP contribution in [0.5, 0.6) is 5.75 Å². The molecule has 180 valence electrons. The number of carbonyl (C=O) groups excluding carboxylic acids is 1. The fourth-order valence-electron chi connectivity index (χ4n) is 6.05. The van der Waals surface area contributed by atoms with Gasteiger partial charge in [-0.15, -0.1) is 0 Å². The van der Waals surface area contributed by atoms with Crippen LogP contribution >= 0.6 is 12.2 Å². The molecular weight excluding hydrogens is 442 g/mol. The van der Waals surface area contributed by atoms with Gasteiger partial charge < -0.3 is 19.9 Å². The summed E-state index contributed by atoms with van der Waals surface area (Å²) in [6.07, 6.45) is 6.10. The average Bonchev–Trinajstić information content (AvgIpc) is 3.47. The molecule has 3 aliphatic rings. The molecule has 2 fully saturated rings. The Hall–Kier alpha value is -2.60. The first-order chi connectivity index (χ1) is 16.5. The van der Waals surface area contributed by atoms with Crippen molar-refractivity contribution in [3.05, 3.63) is 65.2 Å². The van der Waals surface area contributed by atoms with Crippen molar-refractivity contribution >= 4 is 23.2 Å². The van der Waals surface area contributed by atoms with E-state index in [2.05, 4.69) is 45.4 Å². The van der Waals surface area contributed by atoms with Gasteiger partial charge in [0.1, 0.15) is 5.75 Å². The molecule has 0 unspecified atom stereocenters. The minimum absolute atomic E-state index is 0.288. The van der Waals surface area contributed by atoms with E-state index in [1.165, 1.54) is 11.1 Å². The topological polar surface area (TPSA) is 44.8 Å². The van der Waals surface area contributed by atoms with E-state index < -0.39 is 0 Å². The smallest absolute Gasteiger partial charge is 0.222 e. The molecular formula is C28H35N3O2S. The number of piperidine rings is 1. The molecule has 1 spiro atoms. The summed E-state index contributed by atoms with van der Waals surface area (Å²) in [5.41, 5.74) is 4.26. The normalized spacial score (nSPS) is 19.3. The number of benzene rings is 2. The summed E-state index contributed by atoms with van der Waals surface area (Å²) < 4.78 is 5.45. The Morgan fingerprint density at radius 3 is 2.29 bits per heavy atom. The zero-order valence-corrected chi connectivity index (χ0v) is 20.9. The number of amides is 1. The Balaban J connectivity index is 1.08. The molecule has 2 saturated heterocycles. The van der Waals surface area contributed by atoms with E-state index in [-0.39, 0.29) is 5.41 Å². The number of methoxy groups -OCH3 is 1. The Morgan fingerprint density at radius 1 is 1.00 bits per heavy atom. The predicted molar refractivity (Wildman–Crippen MR) is 139 cm³/mol. The molecule has 2 heterocycles. The highest BCUT2D eigenvalue weighted by atomic mass is 32.1. The fraction of sp³-hybridized carbons (Fsp3) is 0.500. The molecule has 1 aliphatic carbocycles. The first kappa shape index (κ1) is 23.2. The molecule has 0 radical (unpaired) electrons. The number of nitrogens with zero attached hydrogens (tertiary/aromatic N) is 2. The average molecular weight is 478 g/mol. The number of thiocarbonyl (C=S) groups is 1. The highest BCUT2D eigenvalue weighted by Gasteiger charge is 2.42. The van der Waals surface area contributed by atoms with E-state index in [0.717, 1.165) is 74.7 Å². The van der Waals surface area contributed by atoms with Crippen LogP contribution in [-0.4, -0.2) is 54.1 Å². The summed E-state index contributed by atoms with van der Waals surface area (Å²) in [6.45, 7) is 4.41. The number of fused-ring (bicyclic) bond motifs is 1. The highest BCUT2D eigenvalue weighted by Crippen LogP contribution is 2.41. The number of carbonyl (C=O) groups is 1. The van der Waals surface area contributed by atoms with Gasteiger partial charge >= 0.3 is 0 Å². The molecule has 2 aromatic rings. The molecule has 5 rings (SSSR count). The quantitative estimate of drug-likeness (QED) is 0.655. The minimum Gasteiger partial charge on any atom is -0.496 e. The molecule has 0 bridgehead atoms. The van der Waals surface area contributed by atoms with E-state index in [4.69, 9.17) is 17.0 Å². The summed E-state index contributed by atoms with van der Waals surface area (Å²) >= 11 is 5.73. The van der Waals surface area contributed by atoms with E-state index >= 15 is 0 Å². The van der Waals surface area contributed by atoms with Crippen molar-refractivity contribution in [3.8, 4) is 5.75 Å². The summed E-state index contributed by atoms with van der Waals surface area (Å²) in [5.74, 6) is 1.69. The van der Waals surface area contributed by atoms with Crippen molar-refractivity contribution in [3.63, 3.8) is 0 Å². The third-order valence-corrected chi connectivity index (χ3v) is 8.53. The van der Waals surface area contributed by atoms with Gasteiger partial charge in [-0.05, 0) is 72.8 Å². The first-order valence-corrected chi connectivity index (χ1v) is 13.0. The van der Waals surface area contributed by atoms with Gasteiger partial charge in [0.05, 0.1) is 7.11 Å². The van der Waals surface area contributed by atoms with Crippen molar-refractivity contribution in [2.75, 3.05) is 33.3 Å². The van der Waals surface area contributed by atoms with Gasteiger partial charge in [-0.1, -0.05) is 42.5 Å². The van der Waals surface area contributed by atoms with Gasteiger partial charge in [-0.3, -0.25) is 4.79 Å². The fourth-order valence-corrected chi connectivity index (χ4v) is 6.28. The van der Waals surface area contributed by atoms with Gasteiger partial charge in [-0.25, -0.2) is 0 Å². The number of ether oxygens (including phenoxy) is 1. The molecule has 6 heteroatoms. The molecule has 0 aromatic heterocycles. The monoisotopic (exact) mass is 477 g/mol. The zero-order valence-electron chi connectivity index (χ0n) is 20.1. The number of hydrogen-bond acceptors (Lipinski definition) is 3. The van der Waals surface area contributed by atoms with Crippen molar-refractivity contribution in [2.45, 2.75) is 45.1 Å². The maximum absolute atomic E-state index is 13.0. The number of likely N-dealkylation sites (tertiary alicyclic amines) is 2. The van der Waals surface area contributed by atoms with E-state index in [1.54, 1.807) is 7.11 Å². The second-order valence-electron chi connectivity index (χ2n) is 10.3. The van der Waals surface area contributed by atoms with E-state index in [0.29, 0.717) is 24.8 Å². The molecule has 2 aliphatic heterocycles. The number of hydrogen-bond donors (Lipinski definition) is 1. The molecule has 2 aromatic carbocycles. The van der Waals surface area contributed by atoms with Crippen molar-refractivity contribution < 1.29 is 9.53 Å². The van der Waals surface area contributed by atoms with Crippen LogP contribution in [0.3, 0.4) is 0 Å². The van der Waals surface area contributed by atoms with E-state index in [1.807, 2.05) is 18.2 Å². The van der Waals surface area contributed by atoms with Crippen LogP contribution in [0.25, 0.3) is 0 Å². The van der Waals surface area contributed by atoms with E-state index in [9.17, 15) is 4.79 Å². The Bertz CT molecular complexity index is 1020. The third-order valence-electron chi connectivity index (χ3n) is 8.12. The number of nitrogens with one attached hydrogen (secondary N) is 1. The van der Waals surface area contributed by atoms with Gasteiger partial charge in [0.2, 0.25) is 5.91 Å². The molecule has 34 heavy (non-hydrogen) atoms. The van der Waals surface area contributed by atoms with Crippen molar-refractivity contribution in [2.24, 2.45) is 11.3 Å². The Kier molecular flexibility index (Phi) is 6.77. The second-order valence-corrected chi connectivity index (χ2v) is 10.7. The lowest BCUT2D eigenvalue weighted by molar-refractivity contribution is -0.134. The Morgan fingerprint density at radius 2 is 1.62 bits per heavy atom. The first-order valence-electron chi connectivity index (χ1n) is 12.5. The van der Waals surface area contributed by atoms with Gasteiger partial charge in [-0.2, -0.15) is 0 Å². The van der Waals surface area contributed by atoms with Gasteiger partial charge in [0.15, 0.2) is 5.11 Å². The summed E-state index contributed by atoms with van der Waals surface area (Å²) in [4.78, 5) is 17.5. The van der Waals surface area contributed by atoms with Crippen LogP contribution in [0.15, 0.2) is 48.5 Å². The maximum atomic E-state index is 13.0. The third kappa shape index (κ3) is 4.92. The largest absolute Gasteiger partial charge is 0.496 e. The van der Waals surface area contributed by atoms with Crippen LogP contribution in [0, 0.1) is 11.3 Å². The maximum Gasteiger partial charge on any atom is 0.222 e. The number of para-hydroxylation sites is 1. The molecule has 1 amide bonds. The molecule has 0 atom stereocenters. The van der Waals surface area contributed by atoms with Crippen molar-refractivity contribution in [1.82, 2.24) is 15.1 Å². The van der Waals surface area contributed by atoms with Crippen LogP contribution < -0.4 is 10.1 Å². The van der Waals surface area contributed by atoms with Crippen LogP contribution in [0.2, 0.25) is 0 Å². The standard InChI is InChI=1S/C28H35N3O2S/c1-33-25-9-5-4-8-24(25)19-29-27(34)31-15-12-28(20-31)10-13-30(14-11-28)26(32)18-21-16-22-6-2-3-7-23(22)17-21/h2-9,21H,10-20H2,1H3,(H,29,34). The lowest BCUT2D eigenvalue weighted by Crippen LogP contribution is -2.46. The zero-order chi connectivity index (χ0) is 23.5. The summed E-state index contributed by atoms with van der Waals surface area (Å²) in [6, 6.07) is 16.7. The molecule has 1 N–H and O–H groups in total. The lowest BCUT2D eigenvalue weighted by atomic mass is 9.77. The highest BCUT2D eigenvalue weighted by molar-refractivity contribution is 7.80. The van der Waals surface area contributed by atoms with Crippen molar-refractivity contribution in [1.29, 1.82) is 0 Å². The summed E-state index contributed by atoms with van der Waals surface area (Å²) in [5, 5.41) is 4.25.